The molecule has 0 aliphatic carbocycles. The van der Waals surface area contributed by atoms with Crippen LogP contribution in [0.25, 0.3) is 0 Å². The summed E-state index contributed by atoms with van der Waals surface area (Å²) in [5.74, 6) is 0.788. The number of nitrogens with zero attached hydrogens (tertiary/aromatic N) is 4. The van der Waals surface area contributed by atoms with Crippen molar-refractivity contribution in [3.05, 3.63) is 54.0 Å². The van der Waals surface area contributed by atoms with Gasteiger partial charge < -0.3 is 14.2 Å². The van der Waals surface area contributed by atoms with E-state index in [1.807, 2.05) is 12.1 Å². The highest BCUT2D eigenvalue weighted by atomic mass is 16.3. The van der Waals surface area contributed by atoms with Gasteiger partial charge >= 0.3 is 0 Å². The molecular formula is C21H26N4O2. The minimum atomic E-state index is 0.0469. The van der Waals surface area contributed by atoms with E-state index in [9.17, 15) is 4.79 Å². The minimum Gasteiger partial charge on any atom is -0.467 e. The first kappa shape index (κ1) is 19.0. The van der Waals surface area contributed by atoms with Crippen LogP contribution in [-0.2, 0) is 11.3 Å². The molecule has 0 N–H and O–H groups in total. The Hall–Kier alpha value is -2.78. The molecule has 1 aliphatic rings. The fraction of sp³-hybridized carbons (Fsp3) is 0.429. The van der Waals surface area contributed by atoms with Crippen LogP contribution in [0.3, 0.4) is 0 Å². The number of carbonyl (C=O) groups is 1. The zero-order valence-corrected chi connectivity index (χ0v) is 15.8. The second-order valence-electron chi connectivity index (χ2n) is 6.90. The first-order valence-corrected chi connectivity index (χ1v) is 9.37. The molecule has 0 atom stereocenters. The van der Waals surface area contributed by atoms with Crippen molar-refractivity contribution in [3.63, 3.8) is 0 Å². The number of carbonyl (C=O) groups excluding carboxylic acids is 1. The van der Waals surface area contributed by atoms with Crippen LogP contribution in [0.1, 0.15) is 17.7 Å². The van der Waals surface area contributed by atoms with Gasteiger partial charge in [0.2, 0.25) is 5.91 Å². The Labute approximate surface area is 160 Å². The number of benzene rings is 1. The molecule has 1 aromatic heterocycles. The van der Waals surface area contributed by atoms with Gasteiger partial charge in [0.25, 0.3) is 0 Å². The largest absolute Gasteiger partial charge is 0.467 e. The average Bonchev–Trinajstić information content (AvgIpc) is 3.19. The Kier molecular flexibility index (Phi) is 6.50. The van der Waals surface area contributed by atoms with Crippen LogP contribution in [0, 0.1) is 18.3 Å². The standard InChI is InChI=1S/C21H26N4O2/c1-18-5-2-6-19(15-18)24-12-10-23(11-13-24)17-21(26)25(9-4-8-22)16-20-7-3-14-27-20/h2-3,5-7,14-15H,4,9-13,16-17H2,1H3. The van der Waals surface area contributed by atoms with E-state index in [1.54, 1.807) is 11.2 Å². The highest BCUT2D eigenvalue weighted by Gasteiger charge is 2.22. The van der Waals surface area contributed by atoms with Gasteiger partial charge in [-0.2, -0.15) is 5.26 Å². The molecule has 0 saturated carbocycles. The Morgan fingerprint density at radius 1 is 1.22 bits per heavy atom. The molecule has 27 heavy (non-hydrogen) atoms. The molecule has 0 unspecified atom stereocenters. The summed E-state index contributed by atoms with van der Waals surface area (Å²) >= 11 is 0. The lowest BCUT2D eigenvalue weighted by Crippen LogP contribution is -2.50. The summed E-state index contributed by atoms with van der Waals surface area (Å²) in [6.45, 7) is 6.86. The molecule has 1 amide bonds. The van der Waals surface area contributed by atoms with E-state index in [-0.39, 0.29) is 5.91 Å². The van der Waals surface area contributed by atoms with Gasteiger partial charge in [0.1, 0.15) is 5.76 Å². The second-order valence-corrected chi connectivity index (χ2v) is 6.90. The van der Waals surface area contributed by atoms with Crippen molar-refractivity contribution in [3.8, 4) is 6.07 Å². The van der Waals surface area contributed by atoms with Crippen molar-refractivity contribution < 1.29 is 9.21 Å². The molecule has 0 radical (unpaired) electrons. The van der Waals surface area contributed by atoms with E-state index in [4.69, 9.17) is 9.68 Å². The molecule has 142 valence electrons. The fourth-order valence-electron chi connectivity index (χ4n) is 3.35. The van der Waals surface area contributed by atoms with E-state index in [0.29, 0.717) is 26.1 Å². The van der Waals surface area contributed by atoms with E-state index in [1.165, 1.54) is 11.3 Å². The maximum Gasteiger partial charge on any atom is 0.237 e. The van der Waals surface area contributed by atoms with Crippen LogP contribution < -0.4 is 4.90 Å². The maximum absolute atomic E-state index is 12.8. The number of aryl methyl sites for hydroxylation is 1. The highest BCUT2D eigenvalue weighted by Crippen LogP contribution is 2.18. The van der Waals surface area contributed by atoms with Gasteiger partial charge in [-0.1, -0.05) is 12.1 Å². The lowest BCUT2D eigenvalue weighted by Gasteiger charge is -2.36. The van der Waals surface area contributed by atoms with E-state index < -0.39 is 0 Å². The second kappa shape index (κ2) is 9.24. The zero-order chi connectivity index (χ0) is 19.1. The van der Waals surface area contributed by atoms with Gasteiger partial charge in [0.05, 0.1) is 31.8 Å². The van der Waals surface area contributed by atoms with Gasteiger partial charge in [-0.15, -0.1) is 0 Å². The SMILES string of the molecule is Cc1cccc(N2CCN(CC(=O)N(CCC#N)Cc3ccco3)CC2)c1. The zero-order valence-electron chi connectivity index (χ0n) is 15.8. The maximum atomic E-state index is 12.8. The Balaban J connectivity index is 1.53. The van der Waals surface area contributed by atoms with Gasteiger partial charge in [-0.25, -0.2) is 0 Å². The number of furan rings is 1. The number of piperazine rings is 1. The van der Waals surface area contributed by atoms with E-state index in [2.05, 4.69) is 47.1 Å². The monoisotopic (exact) mass is 366 g/mol. The van der Waals surface area contributed by atoms with Crippen molar-refractivity contribution in [2.75, 3.05) is 44.2 Å². The molecule has 0 spiro atoms. The summed E-state index contributed by atoms with van der Waals surface area (Å²) in [5, 5.41) is 8.87. The third kappa shape index (κ3) is 5.35. The Bertz CT molecular complexity index is 774. The van der Waals surface area contributed by atoms with Gasteiger partial charge in [-0.05, 0) is 36.8 Å². The summed E-state index contributed by atoms with van der Waals surface area (Å²) in [7, 11) is 0. The molecule has 2 heterocycles. The van der Waals surface area contributed by atoms with Crippen LogP contribution >= 0.6 is 0 Å². The van der Waals surface area contributed by atoms with Crippen LogP contribution in [0.4, 0.5) is 5.69 Å². The topological polar surface area (TPSA) is 63.7 Å². The molecule has 6 heteroatoms. The van der Waals surface area contributed by atoms with Crippen LogP contribution in [0.5, 0.6) is 0 Å². The number of hydrogen-bond acceptors (Lipinski definition) is 5. The smallest absolute Gasteiger partial charge is 0.237 e. The molecule has 1 aromatic carbocycles. The lowest BCUT2D eigenvalue weighted by atomic mass is 10.2. The van der Waals surface area contributed by atoms with Crippen molar-refractivity contribution in [1.29, 1.82) is 5.26 Å². The molecule has 1 aliphatic heterocycles. The van der Waals surface area contributed by atoms with Crippen molar-refractivity contribution in [1.82, 2.24) is 9.80 Å². The van der Waals surface area contributed by atoms with E-state index in [0.717, 1.165) is 31.9 Å². The first-order valence-electron chi connectivity index (χ1n) is 9.37. The number of anilines is 1. The van der Waals surface area contributed by atoms with E-state index >= 15 is 0 Å². The summed E-state index contributed by atoms with van der Waals surface area (Å²) in [6.07, 6.45) is 1.93. The lowest BCUT2D eigenvalue weighted by molar-refractivity contribution is -0.133. The first-order chi connectivity index (χ1) is 13.2. The quantitative estimate of drug-likeness (QED) is 0.754. The summed E-state index contributed by atoms with van der Waals surface area (Å²) < 4.78 is 5.36. The average molecular weight is 366 g/mol. The van der Waals surface area contributed by atoms with Crippen molar-refractivity contribution in [2.24, 2.45) is 0 Å². The number of hydrogen-bond donors (Lipinski definition) is 0. The summed E-state index contributed by atoms with van der Waals surface area (Å²) in [4.78, 5) is 19.0. The number of rotatable bonds is 7. The minimum absolute atomic E-state index is 0.0469. The Morgan fingerprint density at radius 3 is 2.70 bits per heavy atom. The van der Waals surface area contributed by atoms with Crippen LogP contribution in [0.15, 0.2) is 47.1 Å². The van der Waals surface area contributed by atoms with Crippen molar-refractivity contribution >= 4 is 11.6 Å². The van der Waals surface area contributed by atoms with Crippen molar-refractivity contribution in [2.45, 2.75) is 19.9 Å². The van der Waals surface area contributed by atoms with Gasteiger partial charge in [-0.3, -0.25) is 9.69 Å². The predicted octanol–water partition coefficient (Wildman–Crippen LogP) is 2.65. The molecule has 2 aromatic rings. The predicted molar refractivity (Wildman–Crippen MR) is 104 cm³/mol. The van der Waals surface area contributed by atoms with Gasteiger partial charge in [0, 0.05) is 38.4 Å². The Morgan fingerprint density at radius 2 is 2.04 bits per heavy atom. The third-order valence-electron chi connectivity index (χ3n) is 4.87. The van der Waals surface area contributed by atoms with Gasteiger partial charge in [0.15, 0.2) is 0 Å². The highest BCUT2D eigenvalue weighted by molar-refractivity contribution is 5.78. The molecule has 3 rings (SSSR count). The third-order valence-corrected chi connectivity index (χ3v) is 4.87. The number of nitriles is 1. The molecule has 1 saturated heterocycles. The fourth-order valence-corrected chi connectivity index (χ4v) is 3.35. The molecular weight excluding hydrogens is 340 g/mol. The molecule has 6 nitrogen and oxygen atoms in total. The number of amides is 1. The molecule has 0 bridgehead atoms. The normalized spacial score (nSPS) is 14.7. The van der Waals surface area contributed by atoms with Crippen LogP contribution in [-0.4, -0.2) is 55.0 Å². The molecule has 1 fully saturated rings. The summed E-state index contributed by atoms with van der Waals surface area (Å²) in [5.41, 5.74) is 2.51. The van der Waals surface area contributed by atoms with Crippen LogP contribution in [0.2, 0.25) is 0 Å². The summed E-state index contributed by atoms with van der Waals surface area (Å²) in [6, 6.07) is 14.3.